The van der Waals surface area contributed by atoms with E-state index >= 15 is 0 Å². The lowest BCUT2D eigenvalue weighted by Crippen LogP contribution is -2.46. The number of benzene rings is 1. The quantitative estimate of drug-likeness (QED) is 0.792. The number of aromatic nitrogens is 1. The van der Waals surface area contributed by atoms with Crippen LogP contribution in [-0.4, -0.2) is 16.1 Å². The number of hydrogen-bond acceptors (Lipinski definition) is 2. The number of aryl methyl sites for hydroxylation is 1. The molecule has 0 saturated heterocycles. The average Bonchev–Trinajstić information content (AvgIpc) is 2.62. The molecule has 3 rings (SSSR count). The first-order valence-corrected chi connectivity index (χ1v) is 6.62. The molecule has 0 bridgehead atoms. The van der Waals surface area contributed by atoms with Crippen LogP contribution in [0.1, 0.15) is 36.6 Å². The molecule has 2 aromatic rings. The molecule has 1 aliphatic carbocycles. The average molecular weight is 258 g/mol. The number of aromatic amines is 1. The van der Waals surface area contributed by atoms with E-state index in [0.29, 0.717) is 12.8 Å². The topological polar surface area (TPSA) is 79.1 Å². The van der Waals surface area contributed by atoms with E-state index < -0.39 is 17.4 Å². The van der Waals surface area contributed by atoms with Gasteiger partial charge in [0.25, 0.3) is 0 Å². The summed E-state index contributed by atoms with van der Waals surface area (Å²) in [7, 11) is 0. The van der Waals surface area contributed by atoms with Crippen molar-refractivity contribution in [3.8, 4) is 0 Å². The van der Waals surface area contributed by atoms with E-state index in [1.807, 2.05) is 31.2 Å². The van der Waals surface area contributed by atoms with Gasteiger partial charge in [0.05, 0.1) is 5.41 Å². The van der Waals surface area contributed by atoms with Gasteiger partial charge in [-0.3, -0.25) is 4.79 Å². The second kappa shape index (κ2) is 4.10. The van der Waals surface area contributed by atoms with Crippen LogP contribution in [0.4, 0.5) is 0 Å². The molecule has 100 valence electrons. The first-order valence-electron chi connectivity index (χ1n) is 6.62. The monoisotopic (exact) mass is 258 g/mol. The van der Waals surface area contributed by atoms with Gasteiger partial charge >= 0.3 is 5.97 Å². The second-order valence-corrected chi connectivity index (χ2v) is 5.50. The SMILES string of the molecule is Cc1[nH]c2ccccc2c1C(N)C1(C(=O)O)CCC1. The number of fused-ring (bicyclic) bond motifs is 1. The minimum Gasteiger partial charge on any atom is -0.481 e. The van der Waals surface area contributed by atoms with E-state index in [4.69, 9.17) is 5.73 Å². The van der Waals surface area contributed by atoms with Crippen LogP contribution in [0.5, 0.6) is 0 Å². The highest BCUT2D eigenvalue weighted by atomic mass is 16.4. The van der Waals surface area contributed by atoms with Gasteiger partial charge in [-0.25, -0.2) is 0 Å². The summed E-state index contributed by atoms with van der Waals surface area (Å²) in [4.78, 5) is 14.9. The van der Waals surface area contributed by atoms with Crippen molar-refractivity contribution in [3.05, 3.63) is 35.5 Å². The lowest BCUT2D eigenvalue weighted by molar-refractivity contribution is -0.156. The summed E-state index contributed by atoms with van der Waals surface area (Å²) in [5.41, 5.74) is 8.51. The van der Waals surface area contributed by atoms with Crippen LogP contribution in [0.25, 0.3) is 10.9 Å². The fourth-order valence-electron chi connectivity index (χ4n) is 3.19. The number of carboxylic acid groups (broad SMARTS) is 1. The molecule has 0 aliphatic heterocycles. The van der Waals surface area contributed by atoms with Gasteiger partial charge in [0.1, 0.15) is 0 Å². The fourth-order valence-corrected chi connectivity index (χ4v) is 3.19. The number of aliphatic carboxylic acids is 1. The lowest BCUT2D eigenvalue weighted by atomic mass is 9.62. The minimum absolute atomic E-state index is 0.449. The molecule has 1 aliphatic rings. The molecular weight excluding hydrogens is 240 g/mol. The standard InChI is InChI=1S/C15H18N2O2/c1-9-12(10-5-2-3-6-11(10)17-9)13(16)15(14(18)19)7-4-8-15/h2-3,5-6,13,17H,4,7-8,16H2,1H3,(H,18,19). The Hall–Kier alpha value is -1.81. The Morgan fingerprint density at radius 3 is 2.68 bits per heavy atom. The lowest BCUT2D eigenvalue weighted by Gasteiger charge is -2.42. The highest BCUT2D eigenvalue weighted by molar-refractivity contribution is 5.87. The number of hydrogen-bond donors (Lipinski definition) is 3. The number of carboxylic acids is 1. The molecule has 1 fully saturated rings. The van der Waals surface area contributed by atoms with E-state index in [9.17, 15) is 9.90 Å². The van der Waals surface area contributed by atoms with Crippen LogP contribution < -0.4 is 5.73 Å². The van der Waals surface area contributed by atoms with Crippen molar-refractivity contribution in [2.45, 2.75) is 32.2 Å². The van der Waals surface area contributed by atoms with Crippen molar-refractivity contribution < 1.29 is 9.90 Å². The van der Waals surface area contributed by atoms with Gasteiger partial charge in [0, 0.05) is 22.6 Å². The highest BCUT2D eigenvalue weighted by Gasteiger charge is 2.50. The zero-order valence-corrected chi connectivity index (χ0v) is 10.9. The summed E-state index contributed by atoms with van der Waals surface area (Å²) in [5, 5.41) is 10.6. The highest BCUT2D eigenvalue weighted by Crippen LogP contribution is 2.51. The van der Waals surface area contributed by atoms with Crippen LogP contribution in [0.2, 0.25) is 0 Å². The third-order valence-electron chi connectivity index (χ3n) is 4.52. The van der Waals surface area contributed by atoms with E-state index in [0.717, 1.165) is 28.6 Å². The maximum atomic E-state index is 11.6. The molecule has 0 spiro atoms. The van der Waals surface area contributed by atoms with Crippen molar-refractivity contribution in [1.29, 1.82) is 0 Å². The Bertz CT molecular complexity index is 641. The van der Waals surface area contributed by atoms with Crippen molar-refractivity contribution in [1.82, 2.24) is 4.98 Å². The summed E-state index contributed by atoms with van der Waals surface area (Å²) in [6.07, 6.45) is 2.28. The van der Waals surface area contributed by atoms with Gasteiger partial charge < -0.3 is 15.8 Å². The summed E-state index contributed by atoms with van der Waals surface area (Å²) < 4.78 is 0. The van der Waals surface area contributed by atoms with Gasteiger partial charge in [-0.15, -0.1) is 0 Å². The van der Waals surface area contributed by atoms with Crippen molar-refractivity contribution in [2.24, 2.45) is 11.1 Å². The number of H-pyrrole nitrogens is 1. The zero-order chi connectivity index (χ0) is 13.6. The largest absolute Gasteiger partial charge is 0.481 e. The van der Waals surface area contributed by atoms with Crippen molar-refractivity contribution >= 4 is 16.9 Å². The van der Waals surface area contributed by atoms with Gasteiger partial charge in [0.2, 0.25) is 0 Å². The Labute approximate surface area is 111 Å². The maximum Gasteiger partial charge on any atom is 0.311 e. The zero-order valence-electron chi connectivity index (χ0n) is 10.9. The van der Waals surface area contributed by atoms with Gasteiger partial charge in [-0.05, 0) is 31.4 Å². The van der Waals surface area contributed by atoms with Gasteiger partial charge in [0.15, 0.2) is 0 Å². The number of para-hydroxylation sites is 1. The fraction of sp³-hybridized carbons (Fsp3) is 0.400. The van der Waals surface area contributed by atoms with Crippen LogP contribution in [-0.2, 0) is 4.79 Å². The molecule has 19 heavy (non-hydrogen) atoms. The van der Waals surface area contributed by atoms with Crippen LogP contribution in [0.3, 0.4) is 0 Å². The van der Waals surface area contributed by atoms with Gasteiger partial charge in [-0.1, -0.05) is 24.6 Å². The first-order chi connectivity index (χ1) is 9.06. The van der Waals surface area contributed by atoms with Crippen LogP contribution in [0, 0.1) is 12.3 Å². The first kappa shape index (κ1) is 12.2. The number of carbonyl (C=O) groups is 1. The molecule has 0 amide bonds. The maximum absolute atomic E-state index is 11.6. The second-order valence-electron chi connectivity index (χ2n) is 5.50. The molecule has 4 nitrogen and oxygen atoms in total. The van der Waals surface area contributed by atoms with E-state index in [-0.39, 0.29) is 0 Å². The normalized spacial score (nSPS) is 19.1. The van der Waals surface area contributed by atoms with E-state index in [1.165, 1.54) is 0 Å². The summed E-state index contributed by atoms with van der Waals surface area (Å²) in [5.74, 6) is -0.768. The number of nitrogens with one attached hydrogen (secondary N) is 1. The molecule has 1 saturated carbocycles. The molecule has 1 atom stereocenters. The summed E-state index contributed by atoms with van der Waals surface area (Å²) in [6, 6.07) is 7.47. The Morgan fingerprint density at radius 2 is 2.11 bits per heavy atom. The third kappa shape index (κ3) is 1.60. The molecule has 0 radical (unpaired) electrons. The van der Waals surface area contributed by atoms with Crippen LogP contribution in [0.15, 0.2) is 24.3 Å². The predicted octanol–water partition coefficient (Wildman–Crippen LogP) is 2.73. The molecule has 1 aromatic carbocycles. The van der Waals surface area contributed by atoms with E-state index in [2.05, 4.69) is 4.98 Å². The predicted molar refractivity (Wildman–Crippen MR) is 73.9 cm³/mol. The molecular formula is C15H18N2O2. The Kier molecular flexibility index (Phi) is 2.64. The van der Waals surface area contributed by atoms with Crippen LogP contribution >= 0.6 is 0 Å². The summed E-state index contributed by atoms with van der Waals surface area (Å²) in [6.45, 7) is 1.96. The number of rotatable bonds is 3. The molecule has 1 unspecified atom stereocenters. The Balaban J connectivity index is 2.14. The minimum atomic E-state index is -0.782. The van der Waals surface area contributed by atoms with Gasteiger partial charge in [-0.2, -0.15) is 0 Å². The third-order valence-corrected chi connectivity index (χ3v) is 4.52. The smallest absolute Gasteiger partial charge is 0.311 e. The van der Waals surface area contributed by atoms with E-state index in [1.54, 1.807) is 0 Å². The molecule has 1 aromatic heterocycles. The summed E-state index contributed by atoms with van der Waals surface area (Å²) >= 11 is 0. The molecule has 4 N–H and O–H groups in total. The van der Waals surface area contributed by atoms with Crippen molar-refractivity contribution in [3.63, 3.8) is 0 Å². The Morgan fingerprint density at radius 1 is 1.42 bits per heavy atom. The molecule has 1 heterocycles. The molecule has 4 heteroatoms. The van der Waals surface area contributed by atoms with Crippen molar-refractivity contribution in [2.75, 3.05) is 0 Å². The number of nitrogens with two attached hydrogens (primary N) is 1.